The topological polar surface area (TPSA) is 41.5 Å². The van der Waals surface area contributed by atoms with Gasteiger partial charge in [-0.05, 0) is 49.1 Å². The van der Waals surface area contributed by atoms with Gasteiger partial charge in [-0.3, -0.25) is 4.79 Å². The van der Waals surface area contributed by atoms with Gasteiger partial charge in [0.15, 0.2) is 0 Å². The highest BCUT2D eigenvalue weighted by Crippen LogP contribution is 2.10. The van der Waals surface area contributed by atoms with Crippen LogP contribution in [0.3, 0.4) is 0 Å². The van der Waals surface area contributed by atoms with E-state index in [1.165, 1.54) is 11.1 Å². The number of carbonyl (C=O) groups is 1. The normalized spacial score (nSPS) is 11.3. The number of nitrogens with one attached hydrogen (secondary N) is 1. The van der Waals surface area contributed by atoms with Crippen LogP contribution in [0.4, 0.5) is 0 Å². The van der Waals surface area contributed by atoms with Gasteiger partial charge < -0.3 is 0 Å². The van der Waals surface area contributed by atoms with Crippen LogP contribution < -0.4 is 5.43 Å². The van der Waals surface area contributed by atoms with Crippen LogP contribution in [0.2, 0.25) is 0 Å². The van der Waals surface area contributed by atoms with E-state index in [1.807, 2.05) is 43.3 Å². The molecule has 0 radical (unpaired) electrons. The fourth-order valence-corrected chi connectivity index (χ4v) is 2.00. The van der Waals surface area contributed by atoms with E-state index in [9.17, 15) is 4.79 Å². The molecule has 0 heterocycles. The SMILES string of the molecule is CC(=NNC(=O)Cc1ccccc1)c1ccc(C)c(C)c1. The molecule has 0 spiro atoms. The zero-order valence-electron chi connectivity index (χ0n) is 12.7. The maximum atomic E-state index is 11.9. The first-order chi connectivity index (χ1) is 10.1. The van der Waals surface area contributed by atoms with Crippen molar-refractivity contribution in [2.24, 2.45) is 5.10 Å². The fourth-order valence-electron chi connectivity index (χ4n) is 2.00. The largest absolute Gasteiger partial charge is 0.273 e. The van der Waals surface area contributed by atoms with E-state index in [0.717, 1.165) is 16.8 Å². The molecule has 1 amide bonds. The predicted octanol–water partition coefficient (Wildman–Crippen LogP) is 3.39. The summed E-state index contributed by atoms with van der Waals surface area (Å²) in [6, 6.07) is 15.8. The van der Waals surface area contributed by atoms with Crippen LogP contribution in [0.5, 0.6) is 0 Å². The molecule has 2 rings (SSSR count). The van der Waals surface area contributed by atoms with Crippen LogP contribution in [-0.4, -0.2) is 11.6 Å². The van der Waals surface area contributed by atoms with Crippen LogP contribution >= 0.6 is 0 Å². The van der Waals surface area contributed by atoms with Gasteiger partial charge >= 0.3 is 0 Å². The maximum absolute atomic E-state index is 11.9. The highest BCUT2D eigenvalue weighted by molar-refractivity contribution is 5.99. The second-order valence-corrected chi connectivity index (χ2v) is 5.19. The summed E-state index contributed by atoms with van der Waals surface area (Å²) in [5, 5.41) is 4.18. The molecule has 0 aromatic heterocycles. The van der Waals surface area contributed by atoms with E-state index in [2.05, 4.69) is 36.5 Å². The Morgan fingerprint density at radius 1 is 1.05 bits per heavy atom. The molecular weight excluding hydrogens is 260 g/mol. The number of hydrogen-bond acceptors (Lipinski definition) is 2. The third-order valence-corrected chi connectivity index (χ3v) is 3.48. The van der Waals surface area contributed by atoms with Gasteiger partial charge in [0, 0.05) is 0 Å². The predicted molar refractivity (Wildman–Crippen MR) is 86.4 cm³/mol. The van der Waals surface area contributed by atoms with Gasteiger partial charge in [0.1, 0.15) is 0 Å². The van der Waals surface area contributed by atoms with Crippen LogP contribution in [0.15, 0.2) is 53.6 Å². The Morgan fingerprint density at radius 3 is 2.43 bits per heavy atom. The van der Waals surface area contributed by atoms with Crippen molar-refractivity contribution >= 4 is 11.6 Å². The van der Waals surface area contributed by atoms with Crippen molar-refractivity contribution in [3.8, 4) is 0 Å². The monoisotopic (exact) mass is 280 g/mol. The molecule has 1 N–H and O–H groups in total. The lowest BCUT2D eigenvalue weighted by molar-refractivity contribution is -0.120. The Kier molecular flexibility index (Phi) is 4.88. The summed E-state index contributed by atoms with van der Waals surface area (Å²) in [5.74, 6) is -0.107. The van der Waals surface area contributed by atoms with E-state index < -0.39 is 0 Å². The van der Waals surface area contributed by atoms with Crippen LogP contribution in [0, 0.1) is 13.8 Å². The third kappa shape index (κ3) is 4.28. The number of hydrazone groups is 1. The smallest absolute Gasteiger partial charge is 0.244 e. The van der Waals surface area contributed by atoms with E-state index in [-0.39, 0.29) is 5.91 Å². The molecule has 21 heavy (non-hydrogen) atoms. The molecule has 0 aliphatic carbocycles. The van der Waals surface area contributed by atoms with Crippen molar-refractivity contribution in [2.75, 3.05) is 0 Å². The Labute approximate surface area is 125 Å². The van der Waals surface area contributed by atoms with Crippen LogP contribution in [0.25, 0.3) is 0 Å². The zero-order chi connectivity index (χ0) is 15.2. The van der Waals surface area contributed by atoms with E-state index in [1.54, 1.807) is 0 Å². The Bertz CT molecular complexity index is 660. The molecule has 3 heteroatoms. The first kappa shape index (κ1) is 15.0. The number of hydrogen-bond donors (Lipinski definition) is 1. The molecule has 0 aliphatic heterocycles. The number of benzene rings is 2. The Balaban J connectivity index is 1.99. The van der Waals surface area contributed by atoms with E-state index >= 15 is 0 Å². The molecule has 0 atom stereocenters. The Hall–Kier alpha value is -2.42. The number of aryl methyl sites for hydroxylation is 2. The molecule has 2 aromatic carbocycles. The van der Waals surface area contributed by atoms with Crippen molar-refractivity contribution in [2.45, 2.75) is 27.2 Å². The fraction of sp³-hybridized carbons (Fsp3) is 0.222. The number of carbonyl (C=O) groups excluding carboxylic acids is 1. The summed E-state index contributed by atoms with van der Waals surface area (Å²) in [6.07, 6.45) is 0.338. The summed E-state index contributed by atoms with van der Waals surface area (Å²) in [7, 11) is 0. The molecule has 3 nitrogen and oxygen atoms in total. The Morgan fingerprint density at radius 2 is 1.76 bits per heavy atom. The van der Waals surface area contributed by atoms with Gasteiger partial charge in [0.05, 0.1) is 12.1 Å². The average molecular weight is 280 g/mol. The highest BCUT2D eigenvalue weighted by atomic mass is 16.2. The number of amides is 1. The quantitative estimate of drug-likeness (QED) is 0.677. The molecule has 0 saturated carbocycles. The molecule has 0 unspecified atom stereocenters. The molecule has 0 bridgehead atoms. The van der Waals surface area contributed by atoms with Gasteiger partial charge in [0.2, 0.25) is 5.91 Å². The number of nitrogens with zero attached hydrogens (tertiary/aromatic N) is 1. The summed E-state index contributed by atoms with van der Waals surface area (Å²) in [6.45, 7) is 6.04. The van der Waals surface area contributed by atoms with Gasteiger partial charge in [-0.1, -0.05) is 42.5 Å². The van der Waals surface area contributed by atoms with Crippen molar-refractivity contribution in [1.82, 2.24) is 5.43 Å². The lowest BCUT2D eigenvalue weighted by atomic mass is 10.0. The molecule has 0 saturated heterocycles. The summed E-state index contributed by atoms with van der Waals surface area (Å²) >= 11 is 0. The summed E-state index contributed by atoms with van der Waals surface area (Å²) in [5.41, 5.74) is 7.89. The van der Waals surface area contributed by atoms with Crippen molar-refractivity contribution in [3.63, 3.8) is 0 Å². The van der Waals surface area contributed by atoms with Gasteiger partial charge in [-0.25, -0.2) is 5.43 Å². The first-order valence-corrected chi connectivity index (χ1v) is 7.01. The summed E-state index contributed by atoms with van der Waals surface area (Å²) in [4.78, 5) is 11.9. The van der Waals surface area contributed by atoms with E-state index in [4.69, 9.17) is 0 Å². The first-order valence-electron chi connectivity index (χ1n) is 7.01. The molecule has 108 valence electrons. The van der Waals surface area contributed by atoms with Gasteiger partial charge in [-0.2, -0.15) is 5.10 Å². The van der Waals surface area contributed by atoms with Crippen LogP contribution in [0.1, 0.15) is 29.2 Å². The van der Waals surface area contributed by atoms with Gasteiger partial charge in [-0.15, -0.1) is 0 Å². The minimum Gasteiger partial charge on any atom is -0.273 e. The van der Waals surface area contributed by atoms with Crippen molar-refractivity contribution < 1.29 is 4.79 Å². The minimum atomic E-state index is -0.107. The lowest BCUT2D eigenvalue weighted by Gasteiger charge is -2.06. The average Bonchev–Trinajstić information content (AvgIpc) is 2.48. The summed E-state index contributed by atoms with van der Waals surface area (Å²) < 4.78 is 0. The van der Waals surface area contributed by atoms with Crippen LogP contribution in [-0.2, 0) is 11.2 Å². The lowest BCUT2D eigenvalue weighted by Crippen LogP contribution is -2.21. The van der Waals surface area contributed by atoms with Crippen molar-refractivity contribution in [1.29, 1.82) is 0 Å². The third-order valence-electron chi connectivity index (χ3n) is 3.48. The highest BCUT2D eigenvalue weighted by Gasteiger charge is 2.03. The molecule has 0 aliphatic rings. The zero-order valence-corrected chi connectivity index (χ0v) is 12.7. The number of rotatable bonds is 4. The molecular formula is C18H20N2O. The molecule has 0 fully saturated rings. The maximum Gasteiger partial charge on any atom is 0.244 e. The molecule has 2 aromatic rings. The standard InChI is InChI=1S/C18H20N2O/c1-13-9-10-17(11-14(13)2)15(3)19-20-18(21)12-16-7-5-4-6-8-16/h4-11H,12H2,1-3H3,(H,20,21). The van der Waals surface area contributed by atoms with E-state index in [0.29, 0.717) is 6.42 Å². The second-order valence-electron chi connectivity index (χ2n) is 5.19. The minimum absolute atomic E-state index is 0.107. The van der Waals surface area contributed by atoms with Gasteiger partial charge in [0.25, 0.3) is 0 Å². The van der Waals surface area contributed by atoms with Crippen molar-refractivity contribution in [3.05, 3.63) is 70.8 Å². The second kappa shape index (κ2) is 6.84.